The fraction of sp³-hybridized carbons (Fsp3) is 1.00. The number of rotatable bonds is 4. The van der Waals surface area contributed by atoms with Crippen LogP contribution in [-0.4, -0.2) is 58.5 Å². The van der Waals surface area contributed by atoms with Gasteiger partial charge in [-0.2, -0.15) is 0 Å². The molecule has 0 amide bonds. The highest BCUT2D eigenvalue weighted by Crippen LogP contribution is 2.21. The predicted octanol–water partition coefficient (Wildman–Crippen LogP) is -0.541. The molecular weight excluding hydrogens is 224 g/mol. The molecule has 5 atom stereocenters. The van der Waals surface area contributed by atoms with E-state index < -0.39 is 30.7 Å². The van der Waals surface area contributed by atoms with Crippen molar-refractivity contribution < 1.29 is 24.8 Å². The number of halogens is 1. The maximum Gasteiger partial charge on any atom is 0.186 e. The Morgan fingerprint density at radius 2 is 1.87 bits per heavy atom. The van der Waals surface area contributed by atoms with Crippen LogP contribution in [0, 0.1) is 0 Å². The molecule has 0 radical (unpaired) electrons. The Hall–Kier alpha value is 0.0900. The molecule has 3 unspecified atom stereocenters. The zero-order valence-corrected chi connectivity index (χ0v) is 9.30. The Bertz CT molecular complexity index is 191. The molecule has 1 aliphatic rings. The summed E-state index contributed by atoms with van der Waals surface area (Å²) in [5, 5.41) is 28.4. The molecule has 5 nitrogen and oxygen atoms in total. The van der Waals surface area contributed by atoms with Crippen molar-refractivity contribution >= 4 is 11.6 Å². The number of aliphatic hydroxyl groups is 3. The van der Waals surface area contributed by atoms with Crippen LogP contribution in [0.2, 0.25) is 0 Å². The highest BCUT2D eigenvalue weighted by atomic mass is 35.5. The second-order valence-corrected chi connectivity index (χ2v) is 3.97. The molecule has 0 saturated carbocycles. The number of aliphatic hydroxyl groups excluding tert-OH is 3. The van der Waals surface area contributed by atoms with Crippen LogP contribution in [0.5, 0.6) is 0 Å². The molecule has 0 spiro atoms. The monoisotopic (exact) mass is 240 g/mol. The molecule has 1 heterocycles. The van der Waals surface area contributed by atoms with E-state index in [2.05, 4.69) is 0 Å². The molecule has 90 valence electrons. The van der Waals surface area contributed by atoms with E-state index >= 15 is 0 Å². The lowest BCUT2D eigenvalue weighted by molar-refractivity contribution is -0.292. The second-order valence-electron chi connectivity index (χ2n) is 3.59. The molecule has 1 fully saturated rings. The highest BCUT2D eigenvalue weighted by molar-refractivity contribution is 6.17. The van der Waals surface area contributed by atoms with Crippen LogP contribution in [-0.2, 0) is 9.47 Å². The summed E-state index contributed by atoms with van der Waals surface area (Å²) < 4.78 is 10.4. The fourth-order valence-corrected chi connectivity index (χ4v) is 1.51. The van der Waals surface area contributed by atoms with Crippen molar-refractivity contribution in [3.8, 4) is 0 Å². The molecule has 0 aromatic rings. The van der Waals surface area contributed by atoms with E-state index in [1.165, 1.54) is 0 Å². The summed E-state index contributed by atoms with van der Waals surface area (Å²) in [4.78, 5) is 0. The number of ether oxygens (including phenoxy) is 2. The van der Waals surface area contributed by atoms with Gasteiger partial charge in [0, 0.05) is 5.88 Å². The van der Waals surface area contributed by atoms with Crippen molar-refractivity contribution in [1.82, 2.24) is 0 Å². The Kier molecular flexibility index (Phi) is 5.25. The molecule has 0 bridgehead atoms. The van der Waals surface area contributed by atoms with E-state index in [0.29, 0.717) is 18.9 Å². The summed E-state index contributed by atoms with van der Waals surface area (Å²) >= 11 is 5.46. The number of alkyl halides is 1. The minimum atomic E-state index is -1.24. The maximum atomic E-state index is 9.53. The van der Waals surface area contributed by atoms with E-state index in [9.17, 15) is 15.3 Å². The van der Waals surface area contributed by atoms with Crippen molar-refractivity contribution in [3.05, 3.63) is 0 Å². The van der Waals surface area contributed by atoms with Gasteiger partial charge in [0.25, 0.3) is 0 Å². The summed E-state index contributed by atoms with van der Waals surface area (Å²) in [6, 6.07) is 0. The average molecular weight is 241 g/mol. The Morgan fingerprint density at radius 3 is 2.47 bits per heavy atom. The first-order chi connectivity index (χ1) is 7.07. The predicted molar refractivity (Wildman–Crippen MR) is 53.6 cm³/mol. The first-order valence-corrected chi connectivity index (χ1v) is 5.48. The van der Waals surface area contributed by atoms with E-state index in [0.717, 1.165) is 0 Å². The summed E-state index contributed by atoms with van der Waals surface area (Å²) in [5.41, 5.74) is 0. The third-order valence-corrected chi connectivity index (χ3v) is 2.64. The van der Waals surface area contributed by atoms with Crippen LogP contribution < -0.4 is 0 Å². The highest BCUT2D eigenvalue weighted by Gasteiger charge is 2.42. The molecule has 0 aliphatic carbocycles. The molecule has 1 rings (SSSR count). The van der Waals surface area contributed by atoms with Gasteiger partial charge < -0.3 is 24.8 Å². The zero-order valence-electron chi connectivity index (χ0n) is 8.54. The molecule has 0 aromatic heterocycles. The van der Waals surface area contributed by atoms with Gasteiger partial charge in [-0.05, 0) is 13.3 Å². The van der Waals surface area contributed by atoms with Gasteiger partial charge in [-0.1, -0.05) is 0 Å². The molecule has 3 N–H and O–H groups in total. The third kappa shape index (κ3) is 3.27. The van der Waals surface area contributed by atoms with Crippen molar-refractivity contribution in [2.75, 3.05) is 12.5 Å². The largest absolute Gasteiger partial charge is 0.388 e. The van der Waals surface area contributed by atoms with Gasteiger partial charge in [0.15, 0.2) is 6.29 Å². The second kappa shape index (κ2) is 5.98. The third-order valence-electron chi connectivity index (χ3n) is 2.37. The van der Waals surface area contributed by atoms with Crippen LogP contribution in [0.1, 0.15) is 13.3 Å². The van der Waals surface area contributed by atoms with Crippen molar-refractivity contribution in [1.29, 1.82) is 0 Å². The summed E-state index contributed by atoms with van der Waals surface area (Å²) in [6.07, 6.45) is -4.39. The minimum absolute atomic E-state index is 0.348. The molecule has 1 saturated heterocycles. The SMILES string of the molecule is CC1O[C@@H](OCCCCl)C(O)C(O)[C@@H]1O. The minimum Gasteiger partial charge on any atom is -0.388 e. The van der Waals surface area contributed by atoms with E-state index in [4.69, 9.17) is 21.1 Å². The lowest BCUT2D eigenvalue weighted by Crippen LogP contribution is -2.57. The normalized spacial score (nSPS) is 41.8. The Morgan fingerprint density at radius 1 is 1.20 bits per heavy atom. The van der Waals surface area contributed by atoms with Gasteiger partial charge in [0.05, 0.1) is 12.7 Å². The molecule has 15 heavy (non-hydrogen) atoms. The van der Waals surface area contributed by atoms with Crippen LogP contribution in [0.15, 0.2) is 0 Å². The summed E-state index contributed by atoms with van der Waals surface area (Å²) in [6.45, 7) is 1.96. The number of hydrogen-bond acceptors (Lipinski definition) is 5. The van der Waals surface area contributed by atoms with Crippen molar-refractivity contribution in [2.24, 2.45) is 0 Å². The van der Waals surface area contributed by atoms with Crippen LogP contribution in [0.25, 0.3) is 0 Å². The van der Waals surface area contributed by atoms with Crippen LogP contribution in [0.4, 0.5) is 0 Å². The fourth-order valence-electron chi connectivity index (χ4n) is 1.41. The van der Waals surface area contributed by atoms with E-state index in [1.807, 2.05) is 0 Å². The number of hydrogen-bond donors (Lipinski definition) is 3. The van der Waals surface area contributed by atoms with Gasteiger partial charge in [-0.15, -0.1) is 11.6 Å². The van der Waals surface area contributed by atoms with Crippen molar-refractivity contribution in [2.45, 2.75) is 44.1 Å². The average Bonchev–Trinajstić information content (AvgIpc) is 2.23. The smallest absolute Gasteiger partial charge is 0.186 e. The van der Waals surface area contributed by atoms with Gasteiger partial charge in [0.1, 0.15) is 18.3 Å². The zero-order chi connectivity index (χ0) is 11.4. The van der Waals surface area contributed by atoms with Gasteiger partial charge >= 0.3 is 0 Å². The maximum absolute atomic E-state index is 9.53. The molecule has 1 aliphatic heterocycles. The lowest BCUT2D eigenvalue weighted by atomic mass is 10.0. The van der Waals surface area contributed by atoms with Gasteiger partial charge in [-0.3, -0.25) is 0 Å². The Labute approximate surface area is 93.6 Å². The summed E-state index contributed by atoms with van der Waals surface area (Å²) in [5.74, 6) is 0.462. The van der Waals surface area contributed by atoms with E-state index in [1.54, 1.807) is 6.92 Å². The van der Waals surface area contributed by atoms with Crippen LogP contribution in [0.3, 0.4) is 0 Å². The summed E-state index contributed by atoms with van der Waals surface area (Å²) in [7, 11) is 0. The first kappa shape index (κ1) is 13.2. The van der Waals surface area contributed by atoms with Crippen LogP contribution >= 0.6 is 11.6 Å². The topological polar surface area (TPSA) is 79.2 Å². The van der Waals surface area contributed by atoms with E-state index in [-0.39, 0.29) is 0 Å². The van der Waals surface area contributed by atoms with Crippen molar-refractivity contribution in [3.63, 3.8) is 0 Å². The first-order valence-electron chi connectivity index (χ1n) is 4.95. The standard InChI is InChI=1S/C9H17ClO5/c1-5-6(11)7(12)8(13)9(15-5)14-4-2-3-10/h5-9,11-13H,2-4H2,1H3/t5?,6-,7?,8?,9-/m1/s1. The van der Waals surface area contributed by atoms with Gasteiger partial charge in [0.2, 0.25) is 0 Å². The molecule has 0 aromatic carbocycles. The Balaban J connectivity index is 2.43. The molecule has 6 heteroatoms. The molecular formula is C9H17ClO5. The lowest BCUT2D eigenvalue weighted by Gasteiger charge is -2.38. The quantitative estimate of drug-likeness (QED) is 0.454. The van der Waals surface area contributed by atoms with Gasteiger partial charge in [-0.25, -0.2) is 0 Å².